The molecule has 0 aliphatic carbocycles. The van der Waals surface area contributed by atoms with Crippen LogP contribution in [0.15, 0.2) is 50.9 Å². The molecule has 2 aromatic carbocycles. The van der Waals surface area contributed by atoms with Crippen molar-refractivity contribution in [3.05, 3.63) is 56.5 Å². The van der Waals surface area contributed by atoms with Gasteiger partial charge in [0.15, 0.2) is 0 Å². The average Bonchev–Trinajstić information content (AvgIpc) is 2.44. The molecule has 0 amide bonds. The van der Waals surface area contributed by atoms with Crippen molar-refractivity contribution in [3.8, 4) is 0 Å². The Bertz CT molecular complexity index is 704. The Labute approximate surface area is 148 Å². The van der Waals surface area contributed by atoms with Crippen molar-refractivity contribution in [2.45, 2.75) is 0 Å². The second-order valence-corrected chi connectivity index (χ2v) is 6.51. The van der Waals surface area contributed by atoms with Crippen LogP contribution < -0.4 is 0 Å². The number of nitrogens with zero attached hydrogens (tertiary/aromatic N) is 3. The molecule has 2 rings (SSSR count). The van der Waals surface area contributed by atoms with Gasteiger partial charge in [-0.05, 0) is 29.8 Å². The van der Waals surface area contributed by atoms with E-state index in [2.05, 4.69) is 25.9 Å². The summed E-state index contributed by atoms with van der Waals surface area (Å²) in [4.78, 5) is 10.5. The molecule has 0 fully saturated rings. The lowest BCUT2D eigenvalue weighted by Gasteiger charge is -2.06. The topological polar surface area (TPSA) is 28.0 Å². The molecule has 0 bridgehead atoms. The highest BCUT2D eigenvalue weighted by Gasteiger charge is 2.06. The first kappa shape index (κ1) is 17.0. The van der Waals surface area contributed by atoms with E-state index in [9.17, 15) is 0 Å². The minimum absolute atomic E-state index is 0.465. The molecule has 0 unspecified atom stereocenters. The lowest BCUT2D eigenvalue weighted by molar-refractivity contribution is 0.643. The van der Waals surface area contributed by atoms with Crippen LogP contribution in [0.2, 0.25) is 10.0 Å². The fourth-order valence-corrected chi connectivity index (χ4v) is 2.65. The molecule has 0 spiro atoms. The minimum atomic E-state index is 0.465. The molecule has 0 saturated heterocycles. The lowest BCUT2D eigenvalue weighted by Crippen LogP contribution is -2.07. The van der Waals surface area contributed by atoms with Gasteiger partial charge >= 0.3 is 0 Å². The highest BCUT2D eigenvalue weighted by atomic mass is 79.9. The number of rotatable bonds is 4. The third-order valence-electron chi connectivity index (χ3n) is 2.63. The van der Waals surface area contributed by atoms with Gasteiger partial charge in [-0.3, -0.25) is 4.99 Å². The predicted molar refractivity (Wildman–Crippen MR) is 99.7 cm³/mol. The Morgan fingerprint density at radius 1 is 1.05 bits per heavy atom. The molecular formula is C16H14BrCl2N3. The van der Waals surface area contributed by atoms with Gasteiger partial charge in [-0.2, -0.15) is 0 Å². The van der Waals surface area contributed by atoms with E-state index in [1.165, 1.54) is 0 Å². The van der Waals surface area contributed by atoms with E-state index < -0.39 is 0 Å². The van der Waals surface area contributed by atoms with Gasteiger partial charge < -0.3 is 4.90 Å². The van der Waals surface area contributed by atoms with Crippen molar-refractivity contribution < 1.29 is 0 Å². The summed E-state index contributed by atoms with van der Waals surface area (Å²) in [6, 6.07) is 11.3. The largest absolute Gasteiger partial charge is 0.369 e. The molecule has 0 N–H and O–H groups in total. The summed E-state index contributed by atoms with van der Waals surface area (Å²) in [7, 11) is 3.75. The first-order valence-electron chi connectivity index (χ1n) is 6.45. The minimum Gasteiger partial charge on any atom is -0.369 e. The molecule has 0 saturated carbocycles. The summed E-state index contributed by atoms with van der Waals surface area (Å²) in [5.74, 6) is 0. The number of halogens is 3. The highest BCUT2D eigenvalue weighted by Crippen LogP contribution is 2.36. The monoisotopic (exact) mass is 397 g/mol. The molecule has 0 heterocycles. The fourth-order valence-electron chi connectivity index (χ4n) is 1.66. The normalized spacial score (nSPS) is 11.5. The molecule has 0 aliphatic rings. The zero-order valence-electron chi connectivity index (χ0n) is 12.1. The summed E-state index contributed by atoms with van der Waals surface area (Å²) in [5.41, 5.74) is 2.20. The molecule has 114 valence electrons. The standard InChI is InChI=1S/C16H14BrCl2N3/c1-22(2)10-21-16-14(18)7-13(8-15(16)19)20-9-11-4-3-5-12(17)6-11/h3-10H,1-2H3/b20-9+,21-10-. The molecule has 6 heteroatoms. The van der Waals surface area contributed by atoms with E-state index in [0.29, 0.717) is 21.4 Å². The van der Waals surface area contributed by atoms with Gasteiger partial charge in [0.2, 0.25) is 0 Å². The summed E-state index contributed by atoms with van der Waals surface area (Å²) < 4.78 is 1.00. The van der Waals surface area contributed by atoms with Crippen LogP contribution >= 0.6 is 39.1 Å². The lowest BCUT2D eigenvalue weighted by atomic mass is 10.2. The summed E-state index contributed by atoms with van der Waals surface area (Å²) >= 11 is 15.9. The van der Waals surface area contributed by atoms with Crippen molar-refractivity contribution in [3.63, 3.8) is 0 Å². The van der Waals surface area contributed by atoms with Crippen LogP contribution in [0.1, 0.15) is 5.56 Å². The van der Waals surface area contributed by atoms with Gasteiger partial charge in [0.25, 0.3) is 0 Å². The maximum atomic E-state index is 6.23. The van der Waals surface area contributed by atoms with E-state index >= 15 is 0 Å². The summed E-state index contributed by atoms with van der Waals surface area (Å²) in [5, 5.41) is 0.930. The van der Waals surface area contributed by atoms with Crippen molar-refractivity contribution in [1.29, 1.82) is 0 Å². The SMILES string of the molecule is CN(C)/C=N\c1c(Cl)cc(/N=C/c2cccc(Br)c2)cc1Cl. The fraction of sp³-hybridized carbons (Fsp3) is 0.125. The van der Waals surface area contributed by atoms with Crippen LogP contribution in [0, 0.1) is 0 Å². The van der Waals surface area contributed by atoms with Gasteiger partial charge in [-0.1, -0.05) is 51.3 Å². The second-order valence-electron chi connectivity index (χ2n) is 4.78. The first-order chi connectivity index (χ1) is 10.5. The van der Waals surface area contributed by atoms with Crippen LogP contribution in [0.4, 0.5) is 11.4 Å². The Kier molecular flexibility index (Phi) is 6.00. The number of aliphatic imine (C=N–C) groups is 2. The quantitative estimate of drug-likeness (QED) is 0.477. The molecule has 22 heavy (non-hydrogen) atoms. The van der Waals surface area contributed by atoms with Crippen LogP contribution in [0.25, 0.3) is 0 Å². The molecule has 3 nitrogen and oxygen atoms in total. The van der Waals surface area contributed by atoms with E-state index in [0.717, 1.165) is 10.0 Å². The molecule has 0 aromatic heterocycles. The Morgan fingerprint density at radius 3 is 2.32 bits per heavy atom. The maximum Gasteiger partial charge on any atom is 0.102 e. The van der Waals surface area contributed by atoms with Gasteiger partial charge in [0, 0.05) is 24.8 Å². The van der Waals surface area contributed by atoms with E-state index in [4.69, 9.17) is 23.2 Å². The number of hydrogen-bond acceptors (Lipinski definition) is 2. The summed E-state index contributed by atoms with van der Waals surface area (Å²) in [6.07, 6.45) is 3.41. The van der Waals surface area contributed by atoms with Gasteiger partial charge in [0.1, 0.15) is 5.69 Å². The Hall–Kier alpha value is -1.36. The maximum absolute atomic E-state index is 6.23. The van der Waals surface area contributed by atoms with Gasteiger partial charge in [-0.15, -0.1) is 0 Å². The molecule has 2 aromatic rings. The van der Waals surface area contributed by atoms with Crippen molar-refractivity contribution in [1.82, 2.24) is 4.90 Å². The Balaban J connectivity index is 2.27. The molecule has 0 aliphatic heterocycles. The van der Waals surface area contributed by atoms with Crippen LogP contribution in [-0.2, 0) is 0 Å². The molecular weight excluding hydrogens is 385 g/mol. The highest BCUT2D eigenvalue weighted by molar-refractivity contribution is 9.10. The average molecular weight is 399 g/mol. The summed E-state index contributed by atoms with van der Waals surface area (Å²) in [6.45, 7) is 0. The van der Waals surface area contributed by atoms with Crippen LogP contribution in [-0.4, -0.2) is 31.5 Å². The zero-order chi connectivity index (χ0) is 16.1. The molecule has 0 atom stereocenters. The number of benzene rings is 2. The van der Waals surface area contributed by atoms with Gasteiger partial charge in [0.05, 0.1) is 22.1 Å². The van der Waals surface area contributed by atoms with Crippen molar-refractivity contribution in [2.24, 2.45) is 9.98 Å². The third kappa shape index (κ3) is 4.83. The van der Waals surface area contributed by atoms with E-state index in [1.54, 1.807) is 24.7 Å². The second kappa shape index (κ2) is 7.77. The first-order valence-corrected chi connectivity index (χ1v) is 8.00. The smallest absolute Gasteiger partial charge is 0.102 e. The van der Waals surface area contributed by atoms with Crippen LogP contribution in [0.3, 0.4) is 0 Å². The molecule has 0 radical (unpaired) electrons. The zero-order valence-corrected chi connectivity index (χ0v) is 15.2. The van der Waals surface area contributed by atoms with Crippen molar-refractivity contribution >= 4 is 63.1 Å². The third-order valence-corrected chi connectivity index (χ3v) is 3.70. The number of hydrogen-bond donors (Lipinski definition) is 0. The van der Waals surface area contributed by atoms with E-state index in [-0.39, 0.29) is 0 Å². The predicted octanol–water partition coefficient (Wildman–Crippen LogP) is 5.73. The van der Waals surface area contributed by atoms with E-state index in [1.807, 2.05) is 43.3 Å². The Morgan fingerprint density at radius 2 is 1.73 bits per heavy atom. The van der Waals surface area contributed by atoms with Crippen LogP contribution in [0.5, 0.6) is 0 Å². The van der Waals surface area contributed by atoms with Gasteiger partial charge in [-0.25, -0.2) is 4.99 Å². The van der Waals surface area contributed by atoms with Crippen molar-refractivity contribution in [2.75, 3.05) is 14.1 Å².